The minimum absolute atomic E-state index is 0.00178. The molecule has 0 aliphatic heterocycles. The second-order valence-electron chi connectivity index (χ2n) is 4.07. The number of phenols is 3. The van der Waals surface area contributed by atoms with Crippen molar-refractivity contribution in [3.63, 3.8) is 0 Å². The van der Waals surface area contributed by atoms with Crippen molar-refractivity contribution >= 4 is 17.6 Å². The van der Waals surface area contributed by atoms with Crippen LogP contribution in [-0.4, -0.2) is 21.3 Å². The first-order valence-electron chi connectivity index (χ1n) is 5.64. The highest BCUT2D eigenvalue weighted by Gasteiger charge is 2.14. The molecule has 0 atom stereocenters. The lowest BCUT2D eigenvalue weighted by Gasteiger charge is -2.07. The molecular formula is C14H11ClO5. The summed E-state index contributed by atoms with van der Waals surface area (Å²) < 4.78 is 5.02. The SMILES string of the molecule is O=C(OCc1cccc(Cl)c1)c1cc(O)c(O)c(O)c1. The number of hydrogen-bond donors (Lipinski definition) is 3. The number of halogens is 1. The lowest BCUT2D eigenvalue weighted by molar-refractivity contribution is 0.0471. The van der Waals surface area contributed by atoms with Crippen LogP contribution in [0.15, 0.2) is 36.4 Å². The standard InChI is InChI=1S/C14H11ClO5/c15-10-3-1-2-8(4-10)7-20-14(19)9-5-11(16)13(18)12(17)6-9/h1-6,16-18H,7H2. The summed E-state index contributed by atoms with van der Waals surface area (Å²) in [6, 6.07) is 8.84. The Morgan fingerprint density at radius 3 is 2.35 bits per heavy atom. The van der Waals surface area contributed by atoms with E-state index in [1.807, 2.05) is 0 Å². The van der Waals surface area contributed by atoms with Crippen LogP contribution in [0.25, 0.3) is 0 Å². The van der Waals surface area contributed by atoms with Gasteiger partial charge in [-0.3, -0.25) is 0 Å². The van der Waals surface area contributed by atoms with Crippen molar-refractivity contribution in [3.8, 4) is 17.2 Å². The summed E-state index contributed by atoms with van der Waals surface area (Å²) in [6.45, 7) is 0.00178. The van der Waals surface area contributed by atoms with Gasteiger partial charge in [0, 0.05) is 5.02 Å². The monoisotopic (exact) mass is 294 g/mol. The fraction of sp³-hybridized carbons (Fsp3) is 0.0714. The van der Waals surface area contributed by atoms with Gasteiger partial charge in [0.15, 0.2) is 17.2 Å². The van der Waals surface area contributed by atoms with Crippen molar-refractivity contribution in [1.82, 2.24) is 0 Å². The summed E-state index contributed by atoms with van der Waals surface area (Å²) in [6.07, 6.45) is 0. The van der Waals surface area contributed by atoms with E-state index < -0.39 is 23.2 Å². The third-order valence-electron chi connectivity index (χ3n) is 2.56. The molecule has 0 aliphatic rings. The maximum absolute atomic E-state index is 11.8. The molecule has 5 nitrogen and oxygen atoms in total. The number of rotatable bonds is 3. The molecule has 0 aromatic heterocycles. The molecule has 0 saturated heterocycles. The van der Waals surface area contributed by atoms with Gasteiger partial charge >= 0.3 is 5.97 Å². The minimum Gasteiger partial charge on any atom is -0.504 e. The molecule has 0 amide bonds. The fourth-order valence-corrected chi connectivity index (χ4v) is 1.79. The van der Waals surface area contributed by atoms with Crippen molar-refractivity contribution in [2.24, 2.45) is 0 Å². The number of aromatic hydroxyl groups is 3. The molecule has 20 heavy (non-hydrogen) atoms. The number of esters is 1. The summed E-state index contributed by atoms with van der Waals surface area (Å²) in [5.74, 6) is -2.62. The van der Waals surface area contributed by atoms with Crippen LogP contribution in [0.3, 0.4) is 0 Å². The van der Waals surface area contributed by atoms with Crippen molar-refractivity contribution in [2.45, 2.75) is 6.61 Å². The van der Waals surface area contributed by atoms with E-state index in [2.05, 4.69) is 0 Å². The Labute approximate surface area is 119 Å². The van der Waals surface area contributed by atoms with Crippen LogP contribution in [0.2, 0.25) is 5.02 Å². The third kappa shape index (κ3) is 3.13. The van der Waals surface area contributed by atoms with Crippen LogP contribution in [0, 0.1) is 0 Å². The molecule has 3 N–H and O–H groups in total. The zero-order valence-corrected chi connectivity index (χ0v) is 11.0. The van der Waals surface area contributed by atoms with Crippen LogP contribution in [0.5, 0.6) is 17.2 Å². The van der Waals surface area contributed by atoms with Gasteiger partial charge in [-0.2, -0.15) is 0 Å². The maximum Gasteiger partial charge on any atom is 0.338 e. The first-order chi connectivity index (χ1) is 9.47. The second-order valence-corrected chi connectivity index (χ2v) is 4.51. The number of carbonyl (C=O) groups excluding carboxylic acids is 1. The molecule has 0 bridgehead atoms. The molecule has 0 radical (unpaired) electrons. The summed E-state index contributed by atoms with van der Waals surface area (Å²) in [4.78, 5) is 11.8. The van der Waals surface area contributed by atoms with Crippen LogP contribution >= 0.6 is 11.6 Å². The van der Waals surface area contributed by atoms with Gasteiger partial charge in [0.05, 0.1) is 5.56 Å². The molecule has 6 heteroatoms. The average Bonchev–Trinajstić information content (AvgIpc) is 2.41. The Morgan fingerprint density at radius 1 is 1.10 bits per heavy atom. The highest BCUT2D eigenvalue weighted by molar-refractivity contribution is 6.30. The fourth-order valence-electron chi connectivity index (χ4n) is 1.58. The van der Waals surface area contributed by atoms with E-state index in [0.717, 1.165) is 12.1 Å². The zero-order chi connectivity index (χ0) is 14.7. The molecule has 2 aromatic carbocycles. The minimum atomic E-state index is -0.740. The van der Waals surface area contributed by atoms with Gasteiger partial charge in [0.2, 0.25) is 0 Å². The lowest BCUT2D eigenvalue weighted by atomic mass is 10.2. The molecule has 0 saturated carbocycles. The first kappa shape index (κ1) is 14.0. The topological polar surface area (TPSA) is 87.0 Å². The normalized spacial score (nSPS) is 10.2. The molecule has 2 aromatic rings. The smallest absolute Gasteiger partial charge is 0.338 e. The summed E-state index contributed by atoms with van der Waals surface area (Å²) in [5.41, 5.74) is 0.637. The van der Waals surface area contributed by atoms with Gasteiger partial charge in [-0.05, 0) is 29.8 Å². The second kappa shape index (κ2) is 5.71. The van der Waals surface area contributed by atoms with Crippen molar-refractivity contribution in [2.75, 3.05) is 0 Å². The van der Waals surface area contributed by atoms with Crippen LogP contribution in [0.1, 0.15) is 15.9 Å². The number of phenolic OH excluding ortho intramolecular Hbond substituents is 3. The van der Waals surface area contributed by atoms with Gasteiger partial charge in [0.25, 0.3) is 0 Å². The summed E-state index contributed by atoms with van der Waals surface area (Å²) in [5, 5.41) is 28.3. The van der Waals surface area contributed by atoms with E-state index in [9.17, 15) is 20.1 Å². The Balaban J connectivity index is 2.09. The zero-order valence-electron chi connectivity index (χ0n) is 10.2. The number of carbonyl (C=O) groups is 1. The van der Waals surface area contributed by atoms with Gasteiger partial charge in [0.1, 0.15) is 6.61 Å². The van der Waals surface area contributed by atoms with Crippen LogP contribution in [0.4, 0.5) is 0 Å². The Hall–Kier alpha value is -2.40. The first-order valence-corrected chi connectivity index (χ1v) is 6.01. The molecular weight excluding hydrogens is 284 g/mol. The largest absolute Gasteiger partial charge is 0.504 e. The number of benzene rings is 2. The molecule has 0 aliphatic carbocycles. The van der Waals surface area contributed by atoms with E-state index >= 15 is 0 Å². The highest BCUT2D eigenvalue weighted by atomic mass is 35.5. The van der Waals surface area contributed by atoms with Crippen molar-refractivity contribution < 1.29 is 24.9 Å². The molecule has 0 unspecified atom stereocenters. The average molecular weight is 295 g/mol. The van der Waals surface area contributed by atoms with Gasteiger partial charge in [-0.15, -0.1) is 0 Å². The molecule has 0 fully saturated rings. The van der Waals surface area contributed by atoms with E-state index in [4.69, 9.17) is 16.3 Å². The molecule has 0 spiro atoms. The van der Waals surface area contributed by atoms with Crippen LogP contribution in [-0.2, 0) is 11.3 Å². The number of ether oxygens (including phenoxy) is 1. The van der Waals surface area contributed by atoms with Gasteiger partial charge in [-0.1, -0.05) is 23.7 Å². The predicted molar refractivity (Wildman–Crippen MR) is 72.0 cm³/mol. The molecule has 0 heterocycles. The van der Waals surface area contributed by atoms with Crippen LogP contribution < -0.4 is 0 Å². The summed E-state index contributed by atoms with van der Waals surface area (Å²) >= 11 is 5.80. The van der Waals surface area contributed by atoms with E-state index in [0.29, 0.717) is 10.6 Å². The Kier molecular flexibility index (Phi) is 4.00. The third-order valence-corrected chi connectivity index (χ3v) is 2.80. The predicted octanol–water partition coefficient (Wildman–Crippen LogP) is 2.81. The van der Waals surface area contributed by atoms with Crippen molar-refractivity contribution in [3.05, 3.63) is 52.5 Å². The molecule has 104 valence electrons. The summed E-state index contributed by atoms with van der Waals surface area (Å²) in [7, 11) is 0. The van der Waals surface area contributed by atoms with Gasteiger partial charge in [-0.25, -0.2) is 4.79 Å². The maximum atomic E-state index is 11.8. The van der Waals surface area contributed by atoms with E-state index in [1.165, 1.54) is 0 Å². The lowest BCUT2D eigenvalue weighted by Crippen LogP contribution is -2.05. The van der Waals surface area contributed by atoms with Gasteiger partial charge < -0.3 is 20.1 Å². The Morgan fingerprint density at radius 2 is 1.75 bits per heavy atom. The number of hydrogen-bond acceptors (Lipinski definition) is 5. The Bertz CT molecular complexity index is 631. The van der Waals surface area contributed by atoms with E-state index in [-0.39, 0.29) is 12.2 Å². The van der Waals surface area contributed by atoms with E-state index in [1.54, 1.807) is 24.3 Å². The molecule has 2 rings (SSSR count). The van der Waals surface area contributed by atoms with Crippen molar-refractivity contribution in [1.29, 1.82) is 0 Å². The quantitative estimate of drug-likeness (QED) is 0.598. The highest BCUT2D eigenvalue weighted by Crippen LogP contribution is 2.35.